The van der Waals surface area contributed by atoms with Gasteiger partial charge in [0.15, 0.2) is 5.11 Å². The second-order valence-electron chi connectivity index (χ2n) is 8.07. The molecule has 0 radical (unpaired) electrons. The Morgan fingerprint density at radius 3 is 2.72 bits per heavy atom. The molecule has 0 amide bonds. The smallest absolute Gasteiger partial charge is 0.305 e. The first-order valence-electron chi connectivity index (χ1n) is 10.8. The quantitative estimate of drug-likeness (QED) is 0.427. The van der Waals surface area contributed by atoms with Gasteiger partial charge in [-0.25, -0.2) is 0 Å². The van der Waals surface area contributed by atoms with E-state index in [4.69, 9.17) is 17.0 Å². The van der Waals surface area contributed by atoms with Crippen molar-refractivity contribution in [2.45, 2.75) is 38.8 Å². The van der Waals surface area contributed by atoms with Gasteiger partial charge in [0, 0.05) is 36.7 Å². The fourth-order valence-corrected chi connectivity index (χ4v) is 4.54. The van der Waals surface area contributed by atoms with Crippen molar-refractivity contribution in [3.05, 3.63) is 83.4 Å². The van der Waals surface area contributed by atoms with Crippen LogP contribution in [0.5, 0.6) is 0 Å². The zero-order chi connectivity index (χ0) is 22.7. The lowest BCUT2D eigenvalue weighted by Crippen LogP contribution is -2.31. The minimum absolute atomic E-state index is 0.0633. The van der Waals surface area contributed by atoms with Crippen LogP contribution in [0.3, 0.4) is 0 Å². The van der Waals surface area contributed by atoms with Crippen LogP contribution in [0, 0.1) is 13.8 Å². The SMILES string of the molecule is COC(=O)CCCN1C(=S)N[C@@H](c2ccccn2)[C@H]1c1cccn1-c1ccc(C)c(C)c1. The molecule has 1 saturated heterocycles. The molecule has 32 heavy (non-hydrogen) atoms. The van der Waals surface area contributed by atoms with E-state index in [-0.39, 0.29) is 18.1 Å². The molecule has 1 N–H and O–H groups in total. The molecule has 7 heteroatoms. The molecule has 4 rings (SSSR count). The molecular weight excluding hydrogens is 420 g/mol. The summed E-state index contributed by atoms with van der Waals surface area (Å²) in [5, 5.41) is 4.15. The Morgan fingerprint density at radius 2 is 2.00 bits per heavy atom. The Labute approximate surface area is 194 Å². The van der Waals surface area contributed by atoms with E-state index >= 15 is 0 Å². The van der Waals surface area contributed by atoms with Crippen molar-refractivity contribution in [2.24, 2.45) is 0 Å². The molecule has 166 valence electrons. The monoisotopic (exact) mass is 448 g/mol. The number of rotatable bonds is 7. The van der Waals surface area contributed by atoms with Crippen LogP contribution >= 0.6 is 12.2 Å². The summed E-state index contributed by atoms with van der Waals surface area (Å²) in [5.74, 6) is -0.209. The third-order valence-corrected chi connectivity index (χ3v) is 6.41. The molecule has 0 aliphatic carbocycles. The molecule has 1 aromatic carbocycles. The molecule has 0 bridgehead atoms. The summed E-state index contributed by atoms with van der Waals surface area (Å²) < 4.78 is 7.03. The third kappa shape index (κ3) is 4.39. The zero-order valence-corrected chi connectivity index (χ0v) is 19.4. The molecule has 0 saturated carbocycles. The van der Waals surface area contributed by atoms with E-state index in [2.05, 4.69) is 70.1 Å². The lowest BCUT2D eigenvalue weighted by atomic mass is 10.0. The molecular formula is C25H28N4O2S. The van der Waals surface area contributed by atoms with Crippen LogP contribution in [0.15, 0.2) is 60.9 Å². The number of nitrogens with zero attached hydrogens (tertiary/aromatic N) is 3. The number of esters is 1. The van der Waals surface area contributed by atoms with Crippen LogP contribution in [0.4, 0.5) is 0 Å². The Bertz CT molecular complexity index is 1110. The van der Waals surface area contributed by atoms with Gasteiger partial charge in [-0.1, -0.05) is 12.1 Å². The average molecular weight is 449 g/mol. The van der Waals surface area contributed by atoms with Crippen LogP contribution in [0.1, 0.15) is 47.4 Å². The second kappa shape index (κ2) is 9.53. The predicted octanol–water partition coefficient (Wildman–Crippen LogP) is 4.41. The van der Waals surface area contributed by atoms with E-state index in [1.807, 2.05) is 18.2 Å². The number of ether oxygens (including phenoxy) is 1. The minimum atomic E-state index is -0.209. The van der Waals surface area contributed by atoms with Gasteiger partial charge in [-0.3, -0.25) is 9.78 Å². The van der Waals surface area contributed by atoms with Crippen LogP contribution in [0.25, 0.3) is 5.69 Å². The number of pyridine rings is 1. The number of aromatic nitrogens is 2. The summed E-state index contributed by atoms with van der Waals surface area (Å²) in [6, 6.07) is 16.5. The first kappa shape index (κ1) is 22.0. The molecule has 6 nitrogen and oxygen atoms in total. The van der Waals surface area contributed by atoms with E-state index in [1.165, 1.54) is 18.2 Å². The number of carbonyl (C=O) groups excluding carboxylic acids is 1. The van der Waals surface area contributed by atoms with E-state index in [0.29, 0.717) is 24.5 Å². The normalized spacial score (nSPS) is 18.0. The van der Waals surface area contributed by atoms with E-state index in [0.717, 1.165) is 17.1 Å². The maximum Gasteiger partial charge on any atom is 0.305 e. The molecule has 2 atom stereocenters. The molecule has 0 spiro atoms. The van der Waals surface area contributed by atoms with E-state index in [1.54, 1.807) is 6.20 Å². The van der Waals surface area contributed by atoms with E-state index in [9.17, 15) is 4.79 Å². The van der Waals surface area contributed by atoms with Gasteiger partial charge < -0.3 is 19.5 Å². The van der Waals surface area contributed by atoms with Gasteiger partial charge in [0.1, 0.15) is 0 Å². The molecule has 3 aromatic rings. The zero-order valence-electron chi connectivity index (χ0n) is 18.6. The van der Waals surface area contributed by atoms with Gasteiger partial charge in [0.25, 0.3) is 0 Å². The number of hydrogen-bond acceptors (Lipinski definition) is 4. The Hall–Kier alpha value is -3.19. The number of hydrogen-bond donors (Lipinski definition) is 1. The van der Waals surface area contributed by atoms with Gasteiger partial charge in [-0.2, -0.15) is 0 Å². The van der Waals surface area contributed by atoms with Crippen molar-refractivity contribution < 1.29 is 9.53 Å². The summed E-state index contributed by atoms with van der Waals surface area (Å²) in [4.78, 5) is 18.4. The summed E-state index contributed by atoms with van der Waals surface area (Å²) in [6.45, 7) is 4.90. The number of methoxy groups -OCH3 is 1. The average Bonchev–Trinajstić information content (AvgIpc) is 3.40. The fraction of sp³-hybridized carbons (Fsp3) is 0.320. The first-order valence-corrected chi connectivity index (χ1v) is 11.2. The highest BCUT2D eigenvalue weighted by atomic mass is 32.1. The van der Waals surface area contributed by atoms with Crippen molar-refractivity contribution in [1.82, 2.24) is 19.8 Å². The van der Waals surface area contributed by atoms with Crippen LogP contribution in [-0.2, 0) is 9.53 Å². The lowest BCUT2D eigenvalue weighted by molar-refractivity contribution is -0.140. The molecule has 2 aromatic heterocycles. The van der Waals surface area contributed by atoms with Crippen LogP contribution in [0.2, 0.25) is 0 Å². The minimum Gasteiger partial charge on any atom is -0.469 e. The summed E-state index contributed by atoms with van der Waals surface area (Å²) in [7, 11) is 1.42. The number of benzene rings is 1. The lowest BCUT2D eigenvalue weighted by Gasteiger charge is -2.29. The Kier molecular flexibility index (Phi) is 6.55. The van der Waals surface area contributed by atoms with Crippen molar-refractivity contribution in [2.75, 3.05) is 13.7 Å². The van der Waals surface area contributed by atoms with Gasteiger partial charge in [-0.15, -0.1) is 0 Å². The third-order valence-electron chi connectivity index (χ3n) is 6.06. The summed E-state index contributed by atoms with van der Waals surface area (Å²) in [6.07, 6.45) is 4.90. The first-order chi connectivity index (χ1) is 15.5. The molecule has 3 heterocycles. The van der Waals surface area contributed by atoms with Crippen molar-refractivity contribution in [3.8, 4) is 5.69 Å². The van der Waals surface area contributed by atoms with E-state index < -0.39 is 0 Å². The number of aryl methyl sites for hydroxylation is 2. The maximum atomic E-state index is 11.7. The Balaban J connectivity index is 1.72. The predicted molar refractivity (Wildman–Crippen MR) is 129 cm³/mol. The highest BCUT2D eigenvalue weighted by Crippen LogP contribution is 2.39. The van der Waals surface area contributed by atoms with Gasteiger partial charge in [0.2, 0.25) is 0 Å². The van der Waals surface area contributed by atoms with Crippen molar-refractivity contribution in [3.63, 3.8) is 0 Å². The number of carbonyl (C=O) groups is 1. The summed E-state index contributed by atoms with van der Waals surface area (Å²) >= 11 is 5.74. The molecule has 1 aliphatic rings. The van der Waals surface area contributed by atoms with Crippen LogP contribution < -0.4 is 5.32 Å². The second-order valence-corrected chi connectivity index (χ2v) is 8.46. The van der Waals surface area contributed by atoms with Gasteiger partial charge in [0.05, 0.1) is 24.9 Å². The maximum absolute atomic E-state index is 11.7. The standard InChI is InChI=1S/C25H28N4O2S/c1-17-11-12-19(16-18(17)2)28-14-6-9-21(28)24-23(20-8-4-5-13-26-20)27-25(32)29(24)15-7-10-22(30)31-3/h4-6,8-9,11-14,16,23-24H,7,10,15H2,1-3H3,(H,27,32)/t23-,24+/m0/s1. The van der Waals surface area contributed by atoms with Crippen molar-refractivity contribution >= 4 is 23.3 Å². The number of thiocarbonyl (C=S) groups is 1. The molecule has 1 fully saturated rings. The highest BCUT2D eigenvalue weighted by Gasteiger charge is 2.41. The van der Waals surface area contributed by atoms with Crippen LogP contribution in [-0.4, -0.2) is 39.2 Å². The molecule has 1 aliphatic heterocycles. The van der Waals surface area contributed by atoms with Gasteiger partial charge in [-0.05, 0) is 80.0 Å². The van der Waals surface area contributed by atoms with Crippen molar-refractivity contribution in [1.29, 1.82) is 0 Å². The number of nitrogens with one attached hydrogen (secondary N) is 1. The summed E-state index contributed by atoms with van der Waals surface area (Å²) in [5.41, 5.74) is 5.68. The Morgan fingerprint density at radius 1 is 1.16 bits per heavy atom. The topological polar surface area (TPSA) is 59.4 Å². The highest BCUT2D eigenvalue weighted by molar-refractivity contribution is 7.80. The fourth-order valence-electron chi connectivity index (χ4n) is 4.21. The largest absolute Gasteiger partial charge is 0.469 e. The molecule has 0 unspecified atom stereocenters. The van der Waals surface area contributed by atoms with Gasteiger partial charge >= 0.3 is 5.97 Å².